The third kappa shape index (κ3) is 39.0. The molecule has 0 saturated carbocycles. The number of allylic oxidation sites excluding steroid dienone is 6. The number of carboxylic acids is 1. The van der Waals surface area contributed by atoms with Gasteiger partial charge < -0.3 is 23.8 Å². The van der Waals surface area contributed by atoms with Crippen molar-refractivity contribution < 1.29 is 38.2 Å². The number of unbranched alkanes of at least 4 members (excludes halogenated alkanes) is 23. The smallest absolute Gasteiger partial charge is 0.362 e. The molecule has 0 aromatic heterocycles. The van der Waals surface area contributed by atoms with Gasteiger partial charge in [0.15, 0.2) is 12.1 Å². The SMILES string of the molecule is CCCC/C=C/CCCCCCCC(=O)OC(COCCC(C(=O)O)[N+](C)(C)C)COC(=O)CCCCCCCCC/C=C/C/C=C/CCCCCCCCCCC. The van der Waals surface area contributed by atoms with Crippen LogP contribution in [0.5, 0.6) is 0 Å². The summed E-state index contributed by atoms with van der Waals surface area (Å²) in [7, 11) is 5.52. The first-order valence-corrected chi connectivity index (χ1v) is 24.0. The molecular formula is C50H92NO7+. The fourth-order valence-corrected chi connectivity index (χ4v) is 6.99. The average molecular weight is 819 g/mol. The van der Waals surface area contributed by atoms with E-state index in [2.05, 4.69) is 50.3 Å². The number of ether oxygens (including phenoxy) is 3. The van der Waals surface area contributed by atoms with Gasteiger partial charge in [-0.2, -0.15) is 0 Å². The van der Waals surface area contributed by atoms with E-state index < -0.39 is 18.1 Å². The molecule has 0 aliphatic heterocycles. The van der Waals surface area contributed by atoms with E-state index in [-0.39, 0.29) is 36.2 Å². The van der Waals surface area contributed by atoms with Gasteiger partial charge in [0, 0.05) is 19.3 Å². The molecule has 0 aliphatic rings. The number of carbonyl (C=O) groups is 3. The van der Waals surface area contributed by atoms with E-state index in [4.69, 9.17) is 14.2 Å². The van der Waals surface area contributed by atoms with Crippen LogP contribution in [0.4, 0.5) is 0 Å². The second kappa shape index (κ2) is 41.3. The summed E-state index contributed by atoms with van der Waals surface area (Å²) in [6.45, 7) is 4.69. The maximum Gasteiger partial charge on any atom is 0.362 e. The van der Waals surface area contributed by atoms with Gasteiger partial charge in [0.05, 0.1) is 34.4 Å². The topological polar surface area (TPSA) is 99.1 Å². The Morgan fingerprint density at radius 3 is 1.40 bits per heavy atom. The highest BCUT2D eigenvalue weighted by Crippen LogP contribution is 2.14. The van der Waals surface area contributed by atoms with Crippen LogP contribution in [0.1, 0.15) is 213 Å². The third-order valence-corrected chi connectivity index (χ3v) is 10.8. The Morgan fingerprint density at radius 2 is 0.931 bits per heavy atom. The van der Waals surface area contributed by atoms with Crippen LogP contribution >= 0.6 is 0 Å². The lowest BCUT2D eigenvalue weighted by molar-refractivity contribution is -0.887. The lowest BCUT2D eigenvalue weighted by atomic mass is 10.1. The summed E-state index contributed by atoms with van der Waals surface area (Å²) in [6, 6.07) is -0.616. The molecule has 0 saturated heterocycles. The van der Waals surface area contributed by atoms with Crippen LogP contribution < -0.4 is 0 Å². The molecule has 0 aromatic carbocycles. The predicted molar refractivity (Wildman–Crippen MR) is 243 cm³/mol. The zero-order valence-electron chi connectivity index (χ0n) is 38.5. The number of aliphatic carboxylic acids is 1. The number of nitrogens with zero attached hydrogens (tertiary/aromatic N) is 1. The fourth-order valence-electron chi connectivity index (χ4n) is 6.99. The van der Waals surface area contributed by atoms with Crippen LogP contribution in [-0.2, 0) is 28.6 Å². The van der Waals surface area contributed by atoms with Crippen LogP contribution in [0, 0.1) is 0 Å². The molecular weight excluding hydrogens is 727 g/mol. The van der Waals surface area contributed by atoms with Crippen molar-refractivity contribution in [3.63, 3.8) is 0 Å². The fraction of sp³-hybridized carbons (Fsp3) is 0.820. The van der Waals surface area contributed by atoms with E-state index in [9.17, 15) is 19.5 Å². The van der Waals surface area contributed by atoms with Gasteiger partial charge in [-0.05, 0) is 64.2 Å². The molecule has 0 bridgehead atoms. The van der Waals surface area contributed by atoms with E-state index in [0.29, 0.717) is 19.3 Å². The number of esters is 2. The van der Waals surface area contributed by atoms with Crippen molar-refractivity contribution in [3.8, 4) is 0 Å². The Labute approximate surface area is 357 Å². The summed E-state index contributed by atoms with van der Waals surface area (Å²) in [5.41, 5.74) is 0. The molecule has 8 nitrogen and oxygen atoms in total. The number of hydrogen-bond donors (Lipinski definition) is 1. The highest BCUT2D eigenvalue weighted by molar-refractivity contribution is 5.72. The number of hydrogen-bond acceptors (Lipinski definition) is 6. The van der Waals surface area contributed by atoms with Crippen LogP contribution in [0.3, 0.4) is 0 Å². The summed E-state index contributed by atoms with van der Waals surface area (Å²) in [6.07, 6.45) is 47.7. The number of quaternary nitrogens is 1. The van der Waals surface area contributed by atoms with Crippen molar-refractivity contribution in [2.24, 2.45) is 0 Å². The van der Waals surface area contributed by atoms with E-state index in [1.54, 1.807) is 0 Å². The van der Waals surface area contributed by atoms with Crippen LogP contribution in [0.25, 0.3) is 0 Å². The lowest BCUT2D eigenvalue weighted by Crippen LogP contribution is -2.50. The first kappa shape index (κ1) is 55.5. The zero-order valence-corrected chi connectivity index (χ0v) is 38.5. The second-order valence-electron chi connectivity index (χ2n) is 17.4. The molecule has 2 unspecified atom stereocenters. The summed E-state index contributed by atoms with van der Waals surface area (Å²) in [5.74, 6) is -1.49. The Morgan fingerprint density at radius 1 is 0.517 bits per heavy atom. The monoisotopic (exact) mass is 819 g/mol. The van der Waals surface area contributed by atoms with Crippen molar-refractivity contribution in [3.05, 3.63) is 36.5 Å². The van der Waals surface area contributed by atoms with E-state index in [1.807, 2.05) is 21.1 Å². The molecule has 0 aromatic rings. The zero-order chi connectivity index (χ0) is 42.8. The minimum atomic E-state index is -0.877. The maximum absolute atomic E-state index is 12.7. The number of carboxylic acid groups (broad SMARTS) is 1. The molecule has 0 rings (SSSR count). The third-order valence-electron chi connectivity index (χ3n) is 10.8. The molecule has 0 spiro atoms. The van der Waals surface area contributed by atoms with Crippen molar-refractivity contribution in [1.82, 2.24) is 0 Å². The minimum absolute atomic E-state index is 0.0561. The van der Waals surface area contributed by atoms with Crippen molar-refractivity contribution >= 4 is 17.9 Å². The van der Waals surface area contributed by atoms with Crippen LogP contribution in [0.2, 0.25) is 0 Å². The maximum atomic E-state index is 12.7. The Hall–Kier alpha value is -2.45. The Bertz CT molecular complexity index is 1050. The first-order chi connectivity index (χ1) is 28.1. The predicted octanol–water partition coefficient (Wildman–Crippen LogP) is 13.4. The number of likely N-dealkylation sites (N-methyl/N-ethyl adjacent to an activating group) is 1. The molecule has 0 aliphatic carbocycles. The normalized spacial score (nSPS) is 13.2. The van der Waals surface area contributed by atoms with Crippen LogP contribution in [-0.4, -0.2) is 80.6 Å². The molecule has 0 radical (unpaired) electrons. The van der Waals surface area contributed by atoms with Gasteiger partial charge in [-0.15, -0.1) is 0 Å². The molecule has 338 valence electrons. The second-order valence-corrected chi connectivity index (χ2v) is 17.4. The van der Waals surface area contributed by atoms with E-state index >= 15 is 0 Å². The van der Waals surface area contributed by atoms with Crippen LogP contribution in [0.15, 0.2) is 36.5 Å². The summed E-state index contributed by atoms with van der Waals surface area (Å²) >= 11 is 0. The molecule has 2 atom stereocenters. The van der Waals surface area contributed by atoms with Gasteiger partial charge >= 0.3 is 17.9 Å². The van der Waals surface area contributed by atoms with E-state index in [1.165, 1.54) is 116 Å². The summed E-state index contributed by atoms with van der Waals surface area (Å²) in [5, 5.41) is 9.62. The number of rotatable bonds is 43. The molecule has 0 fully saturated rings. The van der Waals surface area contributed by atoms with Crippen molar-refractivity contribution in [2.45, 2.75) is 225 Å². The Kier molecular flexibility index (Phi) is 39.5. The summed E-state index contributed by atoms with van der Waals surface area (Å²) in [4.78, 5) is 37.0. The summed E-state index contributed by atoms with van der Waals surface area (Å²) < 4.78 is 17.3. The van der Waals surface area contributed by atoms with Gasteiger partial charge in [-0.1, -0.05) is 166 Å². The van der Waals surface area contributed by atoms with Crippen molar-refractivity contribution in [1.29, 1.82) is 0 Å². The quantitative estimate of drug-likeness (QED) is 0.0283. The lowest BCUT2D eigenvalue weighted by Gasteiger charge is -2.31. The minimum Gasteiger partial charge on any atom is -0.477 e. The first-order valence-electron chi connectivity index (χ1n) is 24.0. The Balaban J connectivity index is 4.20. The molecule has 0 amide bonds. The standard InChI is InChI=1S/C50H91NO7/c1-6-8-10-12-14-16-18-19-20-21-22-23-24-25-26-27-28-29-31-32-34-36-38-40-48(52)57-45-46(44-56-43-42-47(50(54)55)51(3,4)5)58-49(53)41-39-37-35-33-30-17-15-13-11-9-7-2/h13,15,22-23,25-26,46-47H,6-12,14,16-21,24,27-45H2,1-5H3/p+1/b15-13+,23-22+,26-25+. The largest absolute Gasteiger partial charge is 0.477 e. The van der Waals surface area contributed by atoms with E-state index in [0.717, 1.165) is 64.2 Å². The van der Waals surface area contributed by atoms with Gasteiger partial charge in [0.1, 0.15) is 6.61 Å². The average Bonchev–Trinajstić information content (AvgIpc) is 3.18. The van der Waals surface area contributed by atoms with Gasteiger partial charge in [-0.3, -0.25) is 9.59 Å². The molecule has 1 N–H and O–H groups in total. The van der Waals surface area contributed by atoms with Gasteiger partial charge in [0.2, 0.25) is 0 Å². The molecule has 58 heavy (non-hydrogen) atoms. The number of carbonyl (C=O) groups excluding carboxylic acids is 2. The van der Waals surface area contributed by atoms with Gasteiger partial charge in [-0.25, -0.2) is 4.79 Å². The van der Waals surface area contributed by atoms with Crippen molar-refractivity contribution in [2.75, 3.05) is 41.0 Å². The molecule has 8 heteroatoms. The highest BCUT2D eigenvalue weighted by Gasteiger charge is 2.31. The molecule has 0 heterocycles. The highest BCUT2D eigenvalue weighted by atomic mass is 16.6. The van der Waals surface area contributed by atoms with Gasteiger partial charge in [0.25, 0.3) is 0 Å².